The Morgan fingerprint density at radius 2 is 1.21 bits per heavy atom. The quantitative estimate of drug-likeness (QED) is 0.318. The van der Waals surface area contributed by atoms with E-state index in [2.05, 4.69) is 9.98 Å². The van der Waals surface area contributed by atoms with Crippen LogP contribution in [0.3, 0.4) is 0 Å². The summed E-state index contributed by atoms with van der Waals surface area (Å²) >= 11 is 0. The van der Waals surface area contributed by atoms with Crippen LogP contribution < -0.4 is 0 Å². The summed E-state index contributed by atoms with van der Waals surface area (Å²) in [5.74, 6) is -2.26. The normalized spacial score (nSPS) is 9.43. The topological polar surface area (TPSA) is 99.3 Å². The number of carboxylic acids is 2. The van der Waals surface area contributed by atoms with E-state index in [1.165, 1.54) is 0 Å². The first-order chi connectivity index (χ1) is 5.63. The molecule has 0 aliphatic heterocycles. The van der Waals surface area contributed by atoms with Crippen LogP contribution in [0.4, 0.5) is 0 Å². The van der Waals surface area contributed by atoms with Crippen molar-refractivity contribution in [3.63, 3.8) is 0 Å². The first-order valence-electron chi connectivity index (χ1n) is 3.08. The van der Waals surface area contributed by atoms with E-state index in [1.807, 2.05) is 0 Å². The van der Waals surface area contributed by atoms with Crippen molar-refractivity contribution >= 4 is 83.5 Å². The molecule has 0 aliphatic carbocycles. The number of hydrogen-bond acceptors (Lipinski definition) is 4. The Morgan fingerprint density at radius 1 is 0.929 bits per heavy atom. The first-order valence-corrected chi connectivity index (χ1v) is 3.08. The van der Waals surface area contributed by atoms with Crippen molar-refractivity contribution in [1.29, 1.82) is 0 Å². The maximum atomic E-state index is 9.86. The minimum atomic E-state index is -1.13. The van der Waals surface area contributed by atoms with Crippen LogP contribution in [0.15, 0.2) is 9.98 Å². The second-order valence-electron chi connectivity index (χ2n) is 1.75. The summed E-state index contributed by atoms with van der Waals surface area (Å²) in [5, 5.41) is 16.2. The van der Waals surface area contributed by atoms with Gasteiger partial charge in [-0.1, -0.05) is 0 Å². The molecule has 6 nitrogen and oxygen atoms in total. The van der Waals surface area contributed by atoms with Gasteiger partial charge in [-0.15, -0.1) is 0 Å². The van der Waals surface area contributed by atoms with Gasteiger partial charge in [0, 0.05) is 0 Å². The molecule has 0 aromatic heterocycles. The Kier molecular flexibility index (Phi) is 18.8. The fraction of sp³-hybridized carbons (Fsp3) is 0.333. The summed E-state index contributed by atoms with van der Waals surface area (Å²) in [5.41, 5.74) is 0. The van der Waals surface area contributed by atoms with Crippen molar-refractivity contribution in [3.05, 3.63) is 0 Å². The first kappa shape index (κ1) is 19.8. The van der Waals surface area contributed by atoms with E-state index in [-0.39, 0.29) is 72.2 Å². The zero-order valence-corrected chi connectivity index (χ0v) is 6.17. The Labute approximate surface area is 125 Å². The molecule has 0 aromatic rings. The van der Waals surface area contributed by atoms with Crippen molar-refractivity contribution in [3.8, 4) is 0 Å². The number of hydrogen-bond donors (Lipinski definition) is 2. The third-order valence-corrected chi connectivity index (χ3v) is 0.762. The van der Waals surface area contributed by atoms with Gasteiger partial charge in [0.2, 0.25) is 0 Å². The summed E-state index contributed by atoms with van der Waals surface area (Å²) < 4.78 is 0. The van der Waals surface area contributed by atoms with Crippen molar-refractivity contribution in [2.45, 2.75) is 0 Å². The molecule has 0 fully saturated rings. The Hall–Kier alpha value is 0.280. The number of rotatable bonds is 5. The Bertz CT molecular complexity index is 206. The van der Waals surface area contributed by atoms with E-state index in [4.69, 9.17) is 10.2 Å². The molecule has 0 rings (SSSR count). The van der Waals surface area contributed by atoms with Crippen molar-refractivity contribution in [2.75, 3.05) is 13.1 Å². The second-order valence-corrected chi connectivity index (χ2v) is 1.75. The molecule has 8 heteroatoms. The van der Waals surface area contributed by atoms with Gasteiger partial charge >= 0.3 is 71.1 Å². The summed E-state index contributed by atoms with van der Waals surface area (Å²) in [6.45, 7) is 0.353. The zero-order valence-electron chi connectivity index (χ0n) is 6.17. The van der Waals surface area contributed by atoms with Gasteiger partial charge in [0.25, 0.3) is 0 Å². The molecular weight excluding hydrogens is 210 g/mol. The van der Waals surface area contributed by atoms with E-state index < -0.39 is 11.9 Å². The van der Waals surface area contributed by atoms with E-state index in [1.54, 1.807) is 0 Å². The summed E-state index contributed by atoms with van der Waals surface area (Å²) in [6, 6.07) is 0. The van der Waals surface area contributed by atoms with Crippen molar-refractivity contribution in [2.24, 2.45) is 9.98 Å². The maximum absolute atomic E-state index is 9.86. The molecule has 70 valence electrons. The van der Waals surface area contributed by atoms with Gasteiger partial charge < -0.3 is 10.2 Å². The third kappa shape index (κ3) is 18.1. The SMILES string of the molecule is O=C(O)/C=N/CC/N=C/C(=O)O.[NaH].[NaH]. The molecule has 0 saturated heterocycles. The molecule has 0 saturated carbocycles. The molecule has 0 amide bonds. The number of nitrogens with zero attached hydrogens (tertiary/aromatic N) is 2. The van der Waals surface area contributed by atoms with Gasteiger partial charge in [0.05, 0.1) is 13.1 Å². The van der Waals surface area contributed by atoms with Crippen LogP contribution in [0.2, 0.25) is 0 Å². The fourth-order valence-corrected chi connectivity index (χ4v) is 0.401. The van der Waals surface area contributed by atoms with Crippen LogP contribution in [0.1, 0.15) is 0 Å². The minimum absolute atomic E-state index is 0. The summed E-state index contributed by atoms with van der Waals surface area (Å²) in [6.07, 6.45) is 1.49. The summed E-state index contributed by atoms with van der Waals surface area (Å²) in [4.78, 5) is 26.6. The molecule has 0 spiro atoms. The third-order valence-electron chi connectivity index (χ3n) is 0.762. The number of aliphatic imine (C=N–C) groups is 2. The standard InChI is InChI=1S/C6H8N2O4.2Na.2H/c9-5(10)3-7-1-2-8-4-6(11)12;;;;/h3-4H,1-2H2,(H,9,10)(H,11,12);;;;/b7-3+,8-4+;;;;. The van der Waals surface area contributed by atoms with Gasteiger partial charge in [-0.3, -0.25) is 9.98 Å². The molecule has 2 N–H and O–H groups in total. The molecule has 0 radical (unpaired) electrons. The monoisotopic (exact) mass is 220 g/mol. The molecule has 0 atom stereocenters. The molecule has 0 heterocycles. The van der Waals surface area contributed by atoms with E-state index >= 15 is 0 Å². The molecule has 0 aromatic carbocycles. The average molecular weight is 220 g/mol. The summed E-state index contributed by atoms with van der Waals surface area (Å²) in [7, 11) is 0. The molecule has 0 unspecified atom stereocenters. The molecule has 14 heavy (non-hydrogen) atoms. The van der Waals surface area contributed by atoms with Crippen LogP contribution in [0, 0.1) is 0 Å². The second kappa shape index (κ2) is 13.3. The predicted molar refractivity (Wildman–Crippen MR) is 56.3 cm³/mol. The van der Waals surface area contributed by atoms with Gasteiger partial charge in [0.1, 0.15) is 12.4 Å². The average Bonchev–Trinajstić information content (AvgIpc) is 1.95. The van der Waals surface area contributed by atoms with Gasteiger partial charge in [-0.25, -0.2) is 9.59 Å². The van der Waals surface area contributed by atoms with Gasteiger partial charge in [-0.2, -0.15) is 0 Å². The molecular formula is C6H10N2Na2O4. The number of aliphatic carboxylic acids is 2. The van der Waals surface area contributed by atoms with E-state index in [9.17, 15) is 9.59 Å². The number of carbonyl (C=O) groups is 2. The fourth-order valence-electron chi connectivity index (χ4n) is 0.401. The Morgan fingerprint density at radius 3 is 1.43 bits per heavy atom. The van der Waals surface area contributed by atoms with Crippen LogP contribution in [0.25, 0.3) is 0 Å². The van der Waals surface area contributed by atoms with E-state index in [0.717, 1.165) is 12.4 Å². The van der Waals surface area contributed by atoms with Gasteiger partial charge in [0.15, 0.2) is 0 Å². The Balaban J connectivity index is -0.000000605. The van der Waals surface area contributed by atoms with Crippen molar-refractivity contribution in [1.82, 2.24) is 0 Å². The van der Waals surface area contributed by atoms with Crippen LogP contribution in [-0.2, 0) is 9.59 Å². The number of carboxylic acid groups (broad SMARTS) is 2. The van der Waals surface area contributed by atoms with E-state index in [0.29, 0.717) is 0 Å². The predicted octanol–water partition coefficient (Wildman–Crippen LogP) is -2.00. The molecule has 0 aliphatic rings. The van der Waals surface area contributed by atoms with Crippen LogP contribution >= 0.6 is 0 Å². The van der Waals surface area contributed by atoms with Crippen LogP contribution in [-0.4, -0.2) is 107 Å². The van der Waals surface area contributed by atoms with Crippen LogP contribution in [0.5, 0.6) is 0 Å². The van der Waals surface area contributed by atoms with Crippen molar-refractivity contribution < 1.29 is 19.8 Å². The zero-order chi connectivity index (χ0) is 9.40. The molecule has 0 bridgehead atoms. The van der Waals surface area contributed by atoms with Gasteiger partial charge in [-0.05, 0) is 0 Å².